The molecule has 0 unspecified atom stereocenters. The molecule has 7 heteroatoms. The first-order valence-corrected chi connectivity index (χ1v) is 7.73. The fourth-order valence-corrected chi connectivity index (χ4v) is 2.50. The number of rotatable bonds is 6. The molecule has 2 rings (SSSR count). The minimum Gasteiger partial charge on any atom is -0.379 e. The van der Waals surface area contributed by atoms with Crippen molar-refractivity contribution in [3.05, 3.63) is 0 Å². The lowest BCUT2D eigenvalue weighted by Crippen LogP contribution is -2.43. The molecule has 0 aliphatic carbocycles. The van der Waals surface area contributed by atoms with E-state index in [0.717, 1.165) is 58.7 Å². The minimum atomic E-state index is -0.572. The molecule has 1 atom stereocenters. The van der Waals surface area contributed by atoms with Crippen LogP contribution >= 0.6 is 0 Å². The van der Waals surface area contributed by atoms with E-state index in [1.807, 2.05) is 0 Å². The second-order valence-electron chi connectivity index (χ2n) is 5.41. The van der Waals surface area contributed by atoms with Crippen molar-refractivity contribution >= 4 is 11.8 Å². The molecule has 2 amide bonds. The van der Waals surface area contributed by atoms with Gasteiger partial charge >= 0.3 is 11.8 Å². The standard InChI is InChI=1S/C14H25N3O4/c18-13(14(19)16-11-12-3-1-8-21-12)15-4-2-5-17-6-9-20-10-7-17/h12H,1-11H2,(H,15,18)(H,16,19)/t12-/m0/s1. The molecule has 0 spiro atoms. The smallest absolute Gasteiger partial charge is 0.309 e. The van der Waals surface area contributed by atoms with Gasteiger partial charge < -0.3 is 20.1 Å². The van der Waals surface area contributed by atoms with E-state index in [9.17, 15) is 9.59 Å². The Morgan fingerprint density at radius 1 is 1.10 bits per heavy atom. The summed E-state index contributed by atoms with van der Waals surface area (Å²) in [4.78, 5) is 25.5. The molecule has 0 aromatic rings. The van der Waals surface area contributed by atoms with Crippen LogP contribution in [0.15, 0.2) is 0 Å². The molecule has 2 fully saturated rings. The first-order chi connectivity index (χ1) is 10.3. The number of hydrogen-bond acceptors (Lipinski definition) is 5. The van der Waals surface area contributed by atoms with E-state index in [1.54, 1.807) is 0 Å². The van der Waals surface area contributed by atoms with Gasteiger partial charge in [0.1, 0.15) is 0 Å². The number of nitrogens with one attached hydrogen (secondary N) is 2. The summed E-state index contributed by atoms with van der Waals surface area (Å²) in [5, 5.41) is 5.26. The van der Waals surface area contributed by atoms with Crippen LogP contribution in [-0.4, -0.2) is 75.4 Å². The highest BCUT2D eigenvalue weighted by molar-refractivity contribution is 6.35. The number of ether oxygens (including phenoxy) is 2. The Kier molecular flexibility index (Phi) is 6.91. The zero-order valence-corrected chi connectivity index (χ0v) is 12.4. The second-order valence-corrected chi connectivity index (χ2v) is 5.41. The highest BCUT2D eigenvalue weighted by Crippen LogP contribution is 2.10. The summed E-state index contributed by atoms with van der Waals surface area (Å²) in [5.41, 5.74) is 0. The summed E-state index contributed by atoms with van der Waals surface area (Å²) in [6.45, 7) is 6.03. The number of amides is 2. The molecule has 2 aliphatic heterocycles. The van der Waals surface area contributed by atoms with Crippen LogP contribution in [0.2, 0.25) is 0 Å². The highest BCUT2D eigenvalue weighted by atomic mass is 16.5. The van der Waals surface area contributed by atoms with Crippen molar-refractivity contribution in [3.8, 4) is 0 Å². The predicted molar refractivity (Wildman–Crippen MR) is 76.9 cm³/mol. The summed E-state index contributed by atoms with van der Waals surface area (Å²) < 4.78 is 10.7. The van der Waals surface area contributed by atoms with E-state index >= 15 is 0 Å². The molecular formula is C14H25N3O4. The van der Waals surface area contributed by atoms with E-state index in [0.29, 0.717) is 13.1 Å². The van der Waals surface area contributed by atoms with Gasteiger partial charge in [-0.2, -0.15) is 0 Å². The third-order valence-corrected chi connectivity index (χ3v) is 3.76. The maximum Gasteiger partial charge on any atom is 0.309 e. The van der Waals surface area contributed by atoms with E-state index < -0.39 is 11.8 Å². The molecule has 0 aromatic heterocycles. The SMILES string of the molecule is O=C(NCCCN1CCOCC1)C(=O)NC[C@@H]1CCCO1. The molecule has 7 nitrogen and oxygen atoms in total. The zero-order valence-electron chi connectivity index (χ0n) is 12.4. The van der Waals surface area contributed by atoms with Gasteiger partial charge in [0.25, 0.3) is 0 Å². The average Bonchev–Trinajstić information content (AvgIpc) is 3.03. The molecule has 0 bridgehead atoms. The quantitative estimate of drug-likeness (QED) is 0.492. The van der Waals surface area contributed by atoms with Crippen molar-refractivity contribution in [2.24, 2.45) is 0 Å². The molecular weight excluding hydrogens is 274 g/mol. The Hall–Kier alpha value is -1.18. The molecule has 2 aliphatic rings. The first-order valence-electron chi connectivity index (χ1n) is 7.73. The molecule has 0 saturated carbocycles. The topological polar surface area (TPSA) is 79.9 Å². The second kappa shape index (κ2) is 8.96. The summed E-state index contributed by atoms with van der Waals surface area (Å²) in [5.74, 6) is -1.13. The largest absolute Gasteiger partial charge is 0.379 e. The normalized spacial score (nSPS) is 23.0. The maximum absolute atomic E-state index is 11.6. The molecule has 0 radical (unpaired) electrons. The van der Waals surface area contributed by atoms with Gasteiger partial charge in [0.05, 0.1) is 19.3 Å². The number of carbonyl (C=O) groups is 2. The Morgan fingerprint density at radius 3 is 2.57 bits per heavy atom. The van der Waals surface area contributed by atoms with Gasteiger partial charge in [-0.1, -0.05) is 0 Å². The van der Waals surface area contributed by atoms with Crippen LogP contribution in [0.5, 0.6) is 0 Å². The van der Waals surface area contributed by atoms with Gasteiger partial charge in [-0.25, -0.2) is 0 Å². The third-order valence-electron chi connectivity index (χ3n) is 3.76. The van der Waals surface area contributed by atoms with E-state index in [4.69, 9.17) is 9.47 Å². The van der Waals surface area contributed by atoms with E-state index in [1.165, 1.54) is 0 Å². The lowest BCUT2D eigenvalue weighted by Gasteiger charge is -2.26. The molecule has 2 N–H and O–H groups in total. The molecule has 21 heavy (non-hydrogen) atoms. The summed E-state index contributed by atoms with van der Waals surface area (Å²) >= 11 is 0. The Bertz CT molecular complexity index is 339. The maximum atomic E-state index is 11.6. The van der Waals surface area contributed by atoms with Crippen molar-refractivity contribution < 1.29 is 19.1 Å². The van der Waals surface area contributed by atoms with Crippen LogP contribution < -0.4 is 10.6 Å². The van der Waals surface area contributed by atoms with Crippen molar-refractivity contribution in [3.63, 3.8) is 0 Å². The Balaban J connectivity index is 1.50. The number of morpholine rings is 1. The van der Waals surface area contributed by atoms with Crippen molar-refractivity contribution in [2.45, 2.75) is 25.4 Å². The van der Waals surface area contributed by atoms with E-state index in [-0.39, 0.29) is 6.10 Å². The van der Waals surface area contributed by atoms with Gasteiger partial charge in [-0.3, -0.25) is 14.5 Å². The average molecular weight is 299 g/mol. The van der Waals surface area contributed by atoms with Crippen LogP contribution in [-0.2, 0) is 19.1 Å². The van der Waals surface area contributed by atoms with Crippen LogP contribution in [0.1, 0.15) is 19.3 Å². The molecule has 2 heterocycles. The van der Waals surface area contributed by atoms with Crippen LogP contribution in [0.3, 0.4) is 0 Å². The molecule has 2 saturated heterocycles. The predicted octanol–water partition coefficient (Wildman–Crippen LogP) is -0.880. The Labute approximate surface area is 125 Å². The van der Waals surface area contributed by atoms with Gasteiger partial charge in [0, 0.05) is 32.8 Å². The summed E-state index contributed by atoms with van der Waals surface area (Å²) in [7, 11) is 0. The lowest BCUT2D eigenvalue weighted by atomic mass is 10.2. The molecule has 120 valence electrons. The zero-order chi connectivity index (χ0) is 14.9. The fraction of sp³-hybridized carbons (Fsp3) is 0.857. The van der Waals surface area contributed by atoms with E-state index in [2.05, 4.69) is 15.5 Å². The number of carbonyl (C=O) groups excluding carboxylic acids is 2. The number of hydrogen-bond donors (Lipinski definition) is 2. The van der Waals surface area contributed by atoms with Crippen LogP contribution in [0, 0.1) is 0 Å². The number of nitrogens with zero attached hydrogens (tertiary/aromatic N) is 1. The van der Waals surface area contributed by atoms with Gasteiger partial charge in [-0.05, 0) is 25.8 Å². The summed E-state index contributed by atoms with van der Waals surface area (Å²) in [6.07, 6.45) is 2.86. The van der Waals surface area contributed by atoms with Crippen molar-refractivity contribution in [1.82, 2.24) is 15.5 Å². The van der Waals surface area contributed by atoms with Crippen molar-refractivity contribution in [1.29, 1.82) is 0 Å². The molecule has 0 aromatic carbocycles. The first kappa shape index (κ1) is 16.2. The minimum absolute atomic E-state index is 0.0584. The van der Waals surface area contributed by atoms with Crippen LogP contribution in [0.4, 0.5) is 0 Å². The Morgan fingerprint density at radius 2 is 1.86 bits per heavy atom. The highest BCUT2D eigenvalue weighted by Gasteiger charge is 2.19. The van der Waals surface area contributed by atoms with Gasteiger partial charge in [0.15, 0.2) is 0 Å². The monoisotopic (exact) mass is 299 g/mol. The van der Waals surface area contributed by atoms with Gasteiger partial charge in [-0.15, -0.1) is 0 Å². The van der Waals surface area contributed by atoms with Crippen molar-refractivity contribution in [2.75, 3.05) is 52.5 Å². The fourth-order valence-electron chi connectivity index (χ4n) is 2.50. The lowest BCUT2D eigenvalue weighted by molar-refractivity contribution is -0.139. The van der Waals surface area contributed by atoms with Gasteiger partial charge in [0.2, 0.25) is 0 Å². The third kappa shape index (κ3) is 5.99. The van der Waals surface area contributed by atoms with Crippen LogP contribution in [0.25, 0.3) is 0 Å². The summed E-state index contributed by atoms with van der Waals surface area (Å²) in [6, 6.07) is 0.